The molecule has 0 atom stereocenters. The summed E-state index contributed by atoms with van der Waals surface area (Å²) >= 11 is 1.02. The molecule has 5 nitrogen and oxygen atoms in total. The molecule has 0 saturated heterocycles. The number of nitro groups is 1. The molecule has 0 fully saturated rings. The molecule has 1 aliphatic rings. The van der Waals surface area contributed by atoms with Crippen LogP contribution in [0, 0.1) is 10.1 Å². The molecule has 0 bridgehead atoms. The lowest BCUT2D eigenvalue weighted by Crippen LogP contribution is -1.94. The van der Waals surface area contributed by atoms with Crippen molar-refractivity contribution in [3.05, 3.63) is 62.0 Å². The third-order valence-corrected chi connectivity index (χ3v) is 4.08. The molecular weight excluding hydrogens is 278 g/mol. The van der Waals surface area contributed by atoms with Crippen molar-refractivity contribution < 1.29 is 14.8 Å². The fourth-order valence-electron chi connectivity index (χ4n) is 2.25. The van der Waals surface area contributed by atoms with Crippen LogP contribution in [0.1, 0.15) is 21.5 Å². The zero-order valence-electron chi connectivity index (χ0n) is 10.2. The number of ketones is 1. The van der Waals surface area contributed by atoms with Crippen LogP contribution in [-0.2, 0) is 6.42 Å². The normalized spacial score (nSPS) is 15.6. The predicted molar refractivity (Wildman–Crippen MR) is 75.1 cm³/mol. The van der Waals surface area contributed by atoms with Crippen LogP contribution in [-0.4, -0.2) is 15.8 Å². The fraction of sp³-hybridized carbons (Fsp3) is 0.0714. The topological polar surface area (TPSA) is 80.4 Å². The van der Waals surface area contributed by atoms with Crippen LogP contribution in [0.15, 0.2) is 35.2 Å². The number of phenolic OH excluding ortho intramolecular Hbond substituents is 1. The molecule has 1 heterocycles. The molecule has 2 aromatic rings. The molecule has 1 aliphatic carbocycles. The van der Waals surface area contributed by atoms with Crippen molar-refractivity contribution in [2.75, 3.05) is 0 Å². The second-order valence-corrected chi connectivity index (χ2v) is 5.34. The second kappa shape index (κ2) is 4.57. The van der Waals surface area contributed by atoms with E-state index in [1.54, 1.807) is 29.7 Å². The van der Waals surface area contributed by atoms with Gasteiger partial charge in [-0.25, -0.2) is 0 Å². The highest BCUT2D eigenvalue weighted by atomic mass is 32.1. The Labute approximate surface area is 118 Å². The Bertz CT molecular complexity index is 760. The largest absolute Gasteiger partial charge is 0.508 e. The van der Waals surface area contributed by atoms with Crippen molar-refractivity contribution in [1.29, 1.82) is 0 Å². The van der Waals surface area contributed by atoms with Gasteiger partial charge in [-0.3, -0.25) is 14.9 Å². The van der Waals surface area contributed by atoms with Crippen molar-refractivity contribution >= 4 is 28.2 Å². The quantitative estimate of drug-likeness (QED) is 0.522. The van der Waals surface area contributed by atoms with E-state index >= 15 is 0 Å². The summed E-state index contributed by atoms with van der Waals surface area (Å²) in [7, 11) is 0. The van der Waals surface area contributed by atoms with Crippen molar-refractivity contribution in [1.82, 2.24) is 0 Å². The predicted octanol–water partition coefficient (Wildman–Crippen LogP) is 3.18. The van der Waals surface area contributed by atoms with E-state index in [2.05, 4.69) is 0 Å². The lowest BCUT2D eigenvalue weighted by atomic mass is 10.1. The minimum atomic E-state index is -0.455. The molecule has 1 aromatic heterocycles. The minimum Gasteiger partial charge on any atom is -0.508 e. The molecule has 100 valence electrons. The number of thiophene rings is 1. The number of rotatable bonds is 2. The highest BCUT2D eigenvalue weighted by molar-refractivity contribution is 7.13. The van der Waals surface area contributed by atoms with E-state index in [-0.39, 0.29) is 16.5 Å². The molecule has 0 spiro atoms. The average molecular weight is 287 g/mol. The van der Waals surface area contributed by atoms with Gasteiger partial charge in [-0.05, 0) is 17.7 Å². The molecule has 0 unspecified atom stereocenters. The van der Waals surface area contributed by atoms with Crippen molar-refractivity contribution in [3.8, 4) is 5.75 Å². The van der Waals surface area contributed by atoms with Crippen LogP contribution in [0.25, 0.3) is 6.08 Å². The van der Waals surface area contributed by atoms with E-state index < -0.39 is 4.92 Å². The lowest BCUT2D eigenvalue weighted by molar-refractivity contribution is -0.380. The first-order valence-electron chi connectivity index (χ1n) is 5.85. The summed E-state index contributed by atoms with van der Waals surface area (Å²) in [5.74, 6) is -0.0275. The number of benzene rings is 1. The minimum absolute atomic E-state index is 0.0441. The summed E-state index contributed by atoms with van der Waals surface area (Å²) in [6.45, 7) is 0. The van der Waals surface area contributed by atoms with Crippen LogP contribution in [0.5, 0.6) is 5.75 Å². The first kappa shape index (κ1) is 12.6. The smallest absolute Gasteiger partial charge is 0.324 e. The molecule has 0 saturated carbocycles. The molecule has 0 amide bonds. The number of hydrogen-bond donors (Lipinski definition) is 1. The van der Waals surface area contributed by atoms with Crippen LogP contribution < -0.4 is 0 Å². The Morgan fingerprint density at radius 3 is 2.85 bits per heavy atom. The summed E-state index contributed by atoms with van der Waals surface area (Å²) < 4.78 is 0. The molecule has 0 aliphatic heterocycles. The monoisotopic (exact) mass is 287 g/mol. The van der Waals surface area contributed by atoms with E-state index in [1.807, 2.05) is 0 Å². The maximum atomic E-state index is 12.2. The Balaban J connectivity index is 1.97. The number of Topliss-reactive ketones (excluding diaryl/α,β-unsaturated/α-hetero) is 1. The molecular formula is C14H9NO4S. The number of fused-ring (bicyclic) bond motifs is 1. The highest BCUT2D eigenvalue weighted by Gasteiger charge is 2.27. The van der Waals surface area contributed by atoms with E-state index in [4.69, 9.17) is 0 Å². The Morgan fingerprint density at radius 1 is 1.40 bits per heavy atom. The summed E-state index contributed by atoms with van der Waals surface area (Å²) in [4.78, 5) is 22.4. The number of aromatic hydroxyl groups is 1. The summed E-state index contributed by atoms with van der Waals surface area (Å²) in [5.41, 5.74) is 2.29. The highest BCUT2D eigenvalue weighted by Crippen LogP contribution is 2.34. The van der Waals surface area contributed by atoms with Gasteiger partial charge in [0.2, 0.25) is 0 Å². The Morgan fingerprint density at radius 2 is 2.20 bits per heavy atom. The number of nitrogens with zero attached hydrogens (tertiary/aromatic N) is 1. The van der Waals surface area contributed by atoms with E-state index in [0.717, 1.165) is 11.3 Å². The zero-order chi connectivity index (χ0) is 14.3. The summed E-state index contributed by atoms with van der Waals surface area (Å²) in [6, 6.07) is 6.29. The molecule has 0 radical (unpaired) electrons. The zero-order valence-corrected chi connectivity index (χ0v) is 11.0. The van der Waals surface area contributed by atoms with Gasteiger partial charge in [-0.1, -0.05) is 23.5 Å². The van der Waals surface area contributed by atoms with Gasteiger partial charge in [-0.15, -0.1) is 0 Å². The second-order valence-electron chi connectivity index (χ2n) is 4.45. The van der Waals surface area contributed by atoms with Gasteiger partial charge in [0.25, 0.3) is 0 Å². The van der Waals surface area contributed by atoms with Gasteiger partial charge in [0.05, 0.1) is 4.92 Å². The Hall–Kier alpha value is -2.47. The van der Waals surface area contributed by atoms with Gasteiger partial charge < -0.3 is 5.11 Å². The van der Waals surface area contributed by atoms with E-state index in [9.17, 15) is 20.0 Å². The Kier molecular flexibility index (Phi) is 2.87. The van der Waals surface area contributed by atoms with Crippen molar-refractivity contribution in [3.63, 3.8) is 0 Å². The summed E-state index contributed by atoms with van der Waals surface area (Å²) in [5, 5.41) is 22.1. The number of hydrogen-bond acceptors (Lipinski definition) is 5. The van der Waals surface area contributed by atoms with Crippen molar-refractivity contribution in [2.45, 2.75) is 6.42 Å². The average Bonchev–Trinajstić information content (AvgIpc) is 2.99. The van der Waals surface area contributed by atoms with Gasteiger partial charge in [0.15, 0.2) is 5.78 Å². The third-order valence-electron chi connectivity index (χ3n) is 3.18. The first-order chi connectivity index (χ1) is 9.56. The number of allylic oxidation sites excluding steroid dienone is 1. The molecule has 6 heteroatoms. The van der Waals surface area contributed by atoms with Crippen LogP contribution in [0.3, 0.4) is 0 Å². The lowest BCUT2D eigenvalue weighted by Gasteiger charge is -1.97. The van der Waals surface area contributed by atoms with Crippen molar-refractivity contribution in [2.24, 2.45) is 0 Å². The van der Waals surface area contributed by atoms with E-state index in [0.29, 0.717) is 28.7 Å². The maximum Gasteiger partial charge on any atom is 0.324 e. The van der Waals surface area contributed by atoms with Gasteiger partial charge >= 0.3 is 5.00 Å². The third kappa shape index (κ3) is 2.00. The first-order valence-corrected chi connectivity index (χ1v) is 6.73. The maximum absolute atomic E-state index is 12.2. The molecule has 20 heavy (non-hydrogen) atoms. The van der Waals surface area contributed by atoms with Gasteiger partial charge in [-0.2, -0.15) is 0 Å². The SMILES string of the molecule is O=C1/C(=C\c2csc([N+](=O)[O-])c2)Cc2c(O)cccc21. The van der Waals surface area contributed by atoms with Gasteiger partial charge in [0, 0.05) is 34.6 Å². The standard InChI is InChI=1S/C14H9NO4S/c16-12-3-1-2-10-11(12)6-9(14(10)17)4-8-5-13(15(18)19)20-7-8/h1-5,7,16H,6H2/b9-4-. The number of phenols is 1. The molecule has 3 rings (SSSR count). The molecule has 1 aromatic carbocycles. The van der Waals surface area contributed by atoms with Crippen LogP contribution in [0.4, 0.5) is 5.00 Å². The number of carbonyl (C=O) groups is 1. The fourth-order valence-corrected chi connectivity index (χ4v) is 2.93. The molecule has 1 N–H and O–H groups in total. The number of carbonyl (C=O) groups excluding carboxylic acids is 1. The van der Waals surface area contributed by atoms with Crippen LogP contribution >= 0.6 is 11.3 Å². The van der Waals surface area contributed by atoms with Crippen LogP contribution in [0.2, 0.25) is 0 Å². The summed E-state index contributed by atoms with van der Waals surface area (Å²) in [6.07, 6.45) is 2.00. The van der Waals surface area contributed by atoms with Gasteiger partial charge in [0.1, 0.15) is 5.75 Å². The van der Waals surface area contributed by atoms with E-state index in [1.165, 1.54) is 6.07 Å².